The van der Waals surface area contributed by atoms with Crippen molar-refractivity contribution in [2.75, 3.05) is 19.6 Å². The Morgan fingerprint density at radius 2 is 2.29 bits per heavy atom. The summed E-state index contributed by atoms with van der Waals surface area (Å²) in [5, 5.41) is 10.6. The van der Waals surface area contributed by atoms with Gasteiger partial charge in [-0.25, -0.2) is 4.98 Å². The highest BCUT2D eigenvalue weighted by Gasteiger charge is 2.20. The van der Waals surface area contributed by atoms with Gasteiger partial charge in [-0.15, -0.1) is 11.3 Å². The lowest BCUT2D eigenvalue weighted by Gasteiger charge is -2.24. The Morgan fingerprint density at radius 3 is 2.90 bits per heavy atom. The van der Waals surface area contributed by atoms with Gasteiger partial charge in [0.05, 0.1) is 17.4 Å². The molecule has 2 aromatic rings. The molecule has 0 amide bonds. The Balaban J connectivity index is 1.70. The lowest BCUT2D eigenvalue weighted by Crippen LogP contribution is -2.30. The molecule has 0 aliphatic carbocycles. The van der Waals surface area contributed by atoms with Gasteiger partial charge in [0, 0.05) is 35.8 Å². The normalized spacial score (nSPS) is 18.7. The van der Waals surface area contributed by atoms with Crippen molar-refractivity contribution in [1.29, 1.82) is 0 Å². The first kappa shape index (κ1) is 14.7. The number of nitrogens with zero attached hydrogens (tertiary/aromatic N) is 3. The monoisotopic (exact) mass is 305 g/mol. The first-order valence-corrected chi connectivity index (χ1v) is 8.41. The first-order valence-electron chi connectivity index (χ1n) is 7.53. The van der Waals surface area contributed by atoms with E-state index in [-0.39, 0.29) is 0 Å². The minimum Gasteiger partial charge on any atom is -0.316 e. The van der Waals surface area contributed by atoms with Crippen molar-refractivity contribution in [2.24, 2.45) is 5.92 Å². The van der Waals surface area contributed by atoms with E-state index in [0.29, 0.717) is 0 Å². The molecular weight excluding hydrogens is 282 g/mol. The zero-order chi connectivity index (χ0) is 14.7. The van der Waals surface area contributed by atoms with Crippen LogP contribution in [0.15, 0.2) is 11.7 Å². The van der Waals surface area contributed by atoms with Crippen LogP contribution in [0.25, 0.3) is 0 Å². The molecule has 0 radical (unpaired) electrons. The number of aryl methyl sites for hydroxylation is 2. The molecule has 6 heteroatoms. The van der Waals surface area contributed by atoms with Crippen LogP contribution in [0.5, 0.6) is 0 Å². The molecular formula is C15H23N5S. The van der Waals surface area contributed by atoms with Crippen LogP contribution in [0, 0.1) is 19.8 Å². The van der Waals surface area contributed by atoms with E-state index in [1.165, 1.54) is 28.2 Å². The van der Waals surface area contributed by atoms with Gasteiger partial charge >= 0.3 is 0 Å². The van der Waals surface area contributed by atoms with E-state index in [0.717, 1.165) is 38.6 Å². The van der Waals surface area contributed by atoms with Crippen molar-refractivity contribution in [2.45, 2.75) is 33.4 Å². The van der Waals surface area contributed by atoms with E-state index in [9.17, 15) is 0 Å². The molecule has 21 heavy (non-hydrogen) atoms. The minimum absolute atomic E-state index is 0.755. The van der Waals surface area contributed by atoms with Crippen LogP contribution >= 0.6 is 11.3 Å². The van der Waals surface area contributed by atoms with E-state index in [1.54, 1.807) is 11.3 Å². The maximum atomic E-state index is 4.38. The lowest BCUT2D eigenvalue weighted by molar-refractivity contribution is 0.221. The Bertz CT molecular complexity index is 528. The van der Waals surface area contributed by atoms with Crippen molar-refractivity contribution in [3.05, 3.63) is 33.5 Å². The predicted molar refractivity (Wildman–Crippen MR) is 85.3 cm³/mol. The molecule has 2 N–H and O–H groups in total. The number of nitrogens with one attached hydrogen (secondary N) is 2. The highest BCUT2D eigenvalue weighted by atomic mass is 32.1. The third-order valence-electron chi connectivity index (χ3n) is 4.22. The van der Waals surface area contributed by atoms with E-state index < -0.39 is 0 Å². The number of aromatic nitrogens is 3. The average molecular weight is 305 g/mol. The second kappa shape index (κ2) is 6.68. The minimum atomic E-state index is 0.755. The van der Waals surface area contributed by atoms with Crippen LogP contribution in [-0.4, -0.2) is 39.7 Å². The standard InChI is InChI=1S/C15H23N5S/c1-11-14(6-18-19-11)8-20(7-13-3-4-16-5-13)9-15-12(2)17-10-21-15/h6,10,13,16H,3-5,7-9H2,1-2H3,(H,18,19)/t13-/m1/s1. The summed E-state index contributed by atoms with van der Waals surface area (Å²) in [7, 11) is 0. The van der Waals surface area contributed by atoms with Gasteiger partial charge in [-0.1, -0.05) is 0 Å². The molecule has 2 aromatic heterocycles. The largest absolute Gasteiger partial charge is 0.316 e. The summed E-state index contributed by atoms with van der Waals surface area (Å²) in [5.74, 6) is 0.755. The van der Waals surface area contributed by atoms with Gasteiger partial charge in [-0.05, 0) is 39.3 Å². The average Bonchev–Trinajstić information content (AvgIpc) is 3.17. The Morgan fingerprint density at radius 1 is 1.38 bits per heavy atom. The van der Waals surface area contributed by atoms with Gasteiger partial charge in [0.2, 0.25) is 0 Å². The molecule has 1 aliphatic rings. The maximum absolute atomic E-state index is 4.38. The fraction of sp³-hybridized carbons (Fsp3) is 0.600. The summed E-state index contributed by atoms with van der Waals surface area (Å²) in [6.45, 7) is 9.56. The Hall–Kier alpha value is -1.24. The molecule has 0 aromatic carbocycles. The number of hydrogen-bond acceptors (Lipinski definition) is 5. The molecule has 3 rings (SSSR count). The molecule has 0 spiro atoms. The fourth-order valence-electron chi connectivity index (χ4n) is 2.88. The second-order valence-corrected chi connectivity index (χ2v) is 6.85. The highest BCUT2D eigenvalue weighted by Crippen LogP contribution is 2.20. The number of H-pyrrole nitrogens is 1. The van der Waals surface area contributed by atoms with Crippen LogP contribution in [0.1, 0.15) is 28.2 Å². The van der Waals surface area contributed by atoms with Crippen molar-refractivity contribution >= 4 is 11.3 Å². The molecule has 3 heterocycles. The van der Waals surface area contributed by atoms with Crippen molar-refractivity contribution < 1.29 is 0 Å². The smallest absolute Gasteiger partial charge is 0.0798 e. The van der Waals surface area contributed by atoms with Gasteiger partial charge in [0.1, 0.15) is 0 Å². The fourth-order valence-corrected chi connectivity index (χ4v) is 3.70. The van der Waals surface area contributed by atoms with Gasteiger partial charge in [0.15, 0.2) is 0 Å². The molecule has 0 unspecified atom stereocenters. The molecule has 5 nitrogen and oxygen atoms in total. The van der Waals surface area contributed by atoms with Gasteiger partial charge in [-0.3, -0.25) is 10.00 Å². The van der Waals surface area contributed by atoms with Gasteiger partial charge in [0.25, 0.3) is 0 Å². The third kappa shape index (κ3) is 3.70. The zero-order valence-electron chi connectivity index (χ0n) is 12.7. The first-order chi connectivity index (χ1) is 10.2. The number of rotatable bonds is 6. The van der Waals surface area contributed by atoms with Crippen LogP contribution in [0.2, 0.25) is 0 Å². The number of thiazole rings is 1. The van der Waals surface area contributed by atoms with Gasteiger partial charge in [-0.2, -0.15) is 5.10 Å². The highest BCUT2D eigenvalue weighted by molar-refractivity contribution is 7.09. The SMILES string of the molecule is Cc1ncsc1CN(Cc1cn[nH]c1C)C[C@@H]1CCNC1. The molecule has 1 atom stereocenters. The van der Waals surface area contributed by atoms with Gasteiger partial charge < -0.3 is 5.32 Å². The quantitative estimate of drug-likeness (QED) is 0.858. The van der Waals surface area contributed by atoms with Crippen LogP contribution in [0.4, 0.5) is 0 Å². The summed E-state index contributed by atoms with van der Waals surface area (Å²) >= 11 is 1.76. The van der Waals surface area contributed by atoms with E-state index in [1.807, 2.05) is 11.7 Å². The topological polar surface area (TPSA) is 56.8 Å². The Labute approximate surface area is 129 Å². The van der Waals surface area contributed by atoms with E-state index in [4.69, 9.17) is 0 Å². The molecule has 1 fully saturated rings. The Kier molecular flexibility index (Phi) is 4.67. The van der Waals surface area contributed by atoms with E-state index in [2.05, 4.69) is 39.2 Å². The van der Waals surface area contributed by atoms with Crippen LogP contribution in [-0.2, 0) is 13.1 Å². The molecule has 0 bridgehead atoms. The second-order valence-electron chi connectivity index (χ2n) is 5.91. The van der Waals surface area contributed by atoms with Crippen LogP contribution < -0.4 is 5.32 Å². The number of aromatic amines is 1. The summed E-state index contributed by atoms with van der Waals surface area (Å²) < 4.78 is 0. The summed E-state index contributed by atoms with van der Waals surface area (Å²) in [6, 6.07) is 0. The predicted octanol–water partition coefficient (Wildman–Crippen LogP) is 2.09. The molecule has 1 saturated heterocycles. The molecule has 0 saturated carbocycles. The summed E-state index contributed by atoms with van der Waals surface area (Å²) in [4.78, 5) is 8.29. The zero-order valence-corrected chi connectivity index (χ0v) is 13.5. The molecule has 114 valence electrons. The van der Waals surface area contributed by atoms with E-state index >= 15 is 0 Å². The van der Waals surface area contributed by atoms with Crippen molar-refractivity contribution in [1.82, 2.24) is 25.4 Å². The molecule has 1 aliphatic heterocycles. The third-order valence-corrected chi connectivity index (χ3v) is 5.14. The summed E-state index contributed by atoms with van der Waals surface area (Å²) in [5.41, 5.74) is 5.58. The van der Waals surface area contributed by atoms with Crippen molar-refractivity contribution in [3.63, 3.8) is 0 Å². The number of hydrogen-bond donors (Lipinski definition) is 2. The lowest BCUT2D eigenvalue weighted by atomic mass is 10.1. The van der Waals surface area contributed by atoms with Crippen molar-refractivity contribution in [3.8, 4) is 0 Å². The van der Waals surface area contributed by atoms with Crippen LogP contribution in [0.3, 0.4) is 0 Å². The maximum Gasteiger partial charge on any atom is 0.0798 e. The summed E-state index contributed by atoms with van der Waals surface area (Å²) in [6.07, 6.45) is 3.23.